The van der Waals surface area contributed by atoms with Crippen LogP contribution in [-0.4, -0.2) is 11.5 Å². The van der Waals surface area contributed by atoms with Gasteiger partial charge in [-0.1, -0.05) is 32.9 Å². The van der Waals surface area contributed by atoms with E-state index in [1.165, 1.54) is 17.3 Å². The van der Waals surface area contributed by atoms with Crippen molar-refractivity contribution in [2.45, 2.75) is 39.7 Å². The summed E-state index contributed by atoms with van der Waals surface area (Å²) in [5.41, 5.74) is 3.38. The molecule has 19 heavy (non-hydrogen) atoms. The van der Waals surface area contributed by atoms with Crippen molar-refractivity contribution in [2.75, 3.05) is 6.54 Å². The number of benzene rings is 1. The van der Waals surface area contributed by atoms with Gasteiger partial charge in [-0.3, -0.25) is 0 Å². The molecule has 2 N–H and O–H groups in total. The molecule has 0 amide bonds. The first-order chi connectivity index (χ1) is 9.02. The Bertz CT molecular complexity index is 612. The Morgan fingerprint density at radius 3 is 2.95 bits per heavy atom. The standard InChI is InChI=1S/C16H21FN2/c1-4-18-12-8-16(2,3)9-13-14(12)10-6-5-7-11(17)15(10)19-13/h5-7,12,18-19H,4,8-9H2,1-3H3. The second-order valence-corrected chi connectivity index (χ2v) is 6.34. The van der Waals surface area contributed by atoms with Crippen molar-refractivity contribution >= 4 is 10.9 Å². The highest BCUT2D eigenvalue weighted by molar-refractivity contribution is 5.86. The Labute approximate surface area is 113 Å². The Morgan fingerprint density at radius 1 is 1.42 bits per heavy atom. The summed E-state index contributed by atoms with van der Waals surface area (Å²) in [6.07, 6.45) is 2.08. The van der Waals surface area contributed by atoms with E-state index in [0.29, 0.717) is 11.6 Å². The summed E-state index contributed by atoms with van der Waals surface area (Å²) in [4.78, 5) is 3.31. The van der Waals surface area contributed by atoms with Gasteiger partial charge in [-0.2, -0.15) is 0 Å². The Morgan fingerprint density at radius 2 is 2.21 bits per heavy atom. The highest BCUT2D eigenvalue weighted by Gasteiger charge is 2.34. The van der Waals surface area contributed by atoms with E-state index in [0.717, 1.165) is 24.8 Å². The van der Waals surface area contributed by atoms with E-state index in [-0.39, 0.29) is 11.2 Å². The van der Waals surface area contributed by atoms with Gasteiger partial charge in [-0.25, -0.2) is 4.39 Å². The van der Waals surface area contributed by atoms with Gasteiger partial charge in [-0.05, 0) is 36.4 Å². The van der Waals surface area contributed by atoms with Crippen LogP contribution in [-0.2, 0) is 6.42 Å². The van der Waals surface area contributed by atoms with Crippen LogP contribution in [0.25, 0.3) is 10.9 Å². The van der Waals surface area contributed by atoms with Gasteiger partial charge in [0.2, 0.25) is 0 Å². The molecule has 0 saturated carbocycles. The third-order valence-electron chi connectivity index (χ3n) is 4.12. The Balaban J connectivity index is 2.21. The van der Waals surface area contributed by atoms with Crippen molar-refractivity contribution < 1.29 is 4.39 Å². The lowest BCUT2D eigenvalue weighted by atomic mass is 9.74. The molecular weight excluding hydrogens is 239 g/mol. The molecule has 1 aromatic carbocycles. The number of H-pyrrole nitrogens is 1. The highest BCUT2D eigenvalue weighted by atomic mass is 19.1. The van der Waals surface area contributed by atoms with Gasteiger partial charge in [0.1, 0.15) is 5.82 Å². The van der Waals surface area contributed by atoms with Crippen molar-refractivity contribution in [3.05, 3.63) is 35.3 Å². The van der Waals surface area contributed by atoms with E-state index in [2.05, 4.69) is 31.1 Å². The second kappa shape index (κ2) is 4.34. The van der Waals surface area contributed by atoms with Gasteiger partial charge >= 0.3 is 0 Å². The second-order valence-electron chi connectivity index (χ2n) is 6.34. The summed E-state index contributed by atoms with van der Waals surface area (Å²) in [6.45, 7) is 7.61. The minimum atomic E-state index is -0.153. The predicted octanol–water partition coefficient (Wildman–Crippen LogP) is 3.93. The average molecular weight is 260 g/mol. The zero-order chi connectivity index (χ0) is 13.6. The summed E-state index contributed by atoms with van der Waals surface area (Å²) in [6, 6.07) is 5.67. The van der Waals surface area contributed by atoms with Crippen molar-refractivity contribution in [2.24, 2.45) is 5.41 Å². The first-order valence-electron chi connectivity index (χ1n) is 7.04. The molecule has 0 aliphatic heterocycles. The minimum absolute atomic E-state index is 0.153. The molecule has 1 unspecified atom stereocenters. The van der Waals surface area contributed by atoms with Crippen LogP contribution >= 0.6 is 0 Å². The number of nitrogens with one attached hydrogen (secondary N) is 2. The van der Waals surface area contributed by atoms with Crippen molar-refractivity contribution in [3.8, 4) is 0 Å². The van der Waals surface area contributed by atoms with Gasteiger partial charge in [0.25, 0.3) is 0 Å². The molecule has 1 heterocycles. The molecule has 1 aliphatic carbocycles. The number of para-hydroxylation sites is 1. The van der Waals surface area contributed by atoms with E-state index in [1.807, 2.05) is 6.07 Å². The number of aromatic nitrogens is 1. The van der Waals surface area contributed by atoms with E-state index >= 15 is 0 Å². The normalized spacial score (nSPS) is 21.6. The fourth-order valence-electron chi connectivity index (χ4n) is 3.42. The molecule has 0 radical (unpaired) electrons. The van der Waals surface area contributed by atoms with Gasteiger partial charge in [0, 0.05) is 17.1 Å². The third-order valence-corrected chi connectivity index (χ3v) is 4.12. The van der Waals surface area contributed by atoms with Gasteiger partial charge in [-0.15, -0.1) is 0 Å². The molecule has 0 fully saturated rings. The summed E-state index contributed by atoms with van der Waals surface area (Å²) in [7, 11) is 0. The molecule has 1 aromatic heterocycles. The van der Waals surface area contributed by atoms with Crippen LogP contribution in [0.15, 0.2) is 18.2 Å². The van der Waals surface area contributed by atoms with E-state index in [9.17, 15) is 4.39 Å². The SMILES string of the molecule is CCNC1CC(C)(C)Cc2[nH]c3c(F)cccc3c21. The highest BCUT2D eigenvalue weighted by Crippen LogP contribution is 2.43. The molecule has 0 spiro atoms. The van der Waals surface area contributed by atoms with Gasteiger partial charge in [0.05, 0.1) is 5.52 Å². The van der Waals surface area contributed by atoms with Gasteiger partial charge < -0.3 is 10.3 Å². The quantitative estimate of drug-likeness (QED) is 0.841. The third kappa shape index (κ3) is 2.06. The number of halogens is 1. The molecule has 102 valence electrons. The number of rotatable bonds is 2. The molecule has 3 rings (SSSR count). The van der Waals surface area contributed by atoms with Crippen LogP contribution in [0.3, 0.4) is 0 Å². The number of aromatic amines is 1. The van der Waals surface area contributed by atoms with Crippen LogP contribution < -0.4 is 5.32 Å². The van der Waals surface area contributed by atoms with Crippen LogP contribution in [0.1, 0.15) is 44.5 Å². The number of hydrogen-bond acceptors (Lipinski definition) is 1. The van der Waals surface area contributed by atoms with Crippen LogP contribution in [0.2, 0.25) is 0 Å². The molecule has 2 aromatic rings. The zero-order valence-electron chi connectivity index (χ0n) is 11.8. The molecule has 1 atom stereocenters. The summed E-state index contributed by atoms with van der Waals surface area (Å²) in [5, 5.41) is 4.59. The molecule has 2 nitrogen and oxygen atoms in total. The molecular formula is C16H21FN2. The van der Waals surface area contributed by atoms with E-state index < -0.39 is 0 Å². The summed E-state index contributed by atoms with van der Waals surface area (Å²) < 4.78 is 13.9. The molecule has 0 saturated heterocycles. The maximum atomic E-state index is 13.9. The largest absolute Gasteiger partial charge is 0.356 e. The minimum Gasteiger partial charge on any atom is -0.356 e. The predicted molar refractivity (Wildman–Crippen MR) is 76.8 cm³/mol. The number of hydrogen-bond donors (Lipinski definition) is 2. The molecule has 3 heteroatoms. The molecule has 0 bridgehead atoms. The lowest BCUT2D eigenvalue weighted by Crippen LogP contribution is -2.33. The first-order valence-corrected chi connectivity index (χ1v) is 7.04. The zero-order valence-corrected chi connectivity index (χ0v) is 11.8. The fraction of sp³-hybridized carbons (Fsp3) is 0.500. The van der Waals surface area contributed by atoms with Crippen molar-refractivity contribution in [1.82, 2.24) is 10.3 Å². The van der Waals surface area contributed by atoms with Crippen LogP contribution in [0.4, 0.5) is 4.39 Å². The average Bonchev–Trinajstić information content (AvgIpc) is 2.67. The lowest BCUT2D eigenvalue weighted by molar-refractivity contribution is 0.259. The van der Waals surface area contributed by atoms with Crippen LogP contribution in [0.5, 0.6) is 0 Å². The monoisotopic (exact) mass is 260 g/mol. The lowest BCUT2D eigenvalue weighted by Gasteiger charge is -2.35. The maximum absolute atomic E-state index is 13.9. The van der Waals surface area contributed by atoms with Crippen molar-refractivity contribution in [1.29, 1.82) is 0 Å². The van der Waals surface area contributed by atoms with E-state index in [4.69, 9.17) is 0 Å². The number of fused-ring (bicyclic) bond motifs is 3. The first kappa shape index (κ1) is 12.7. The summed E-state index contributed by atoms with van der Waals surface area (Å²) in [5.74, 6) is -0.153. The Kier molecular flexibility index (Phi) is 2.90. The fourth-order valence-corrected chi connectivity index (χ4v) is 3.42. The smallest absolute Gasteiger partial charge is 0.147 e. The van der Waals surface area contributed by atoms with E-state index in [1.54, 1.807) is 6.07 Å². The Hall–Kier alpha value is -1.35. The van der Waals surface area contributed by atoms with Crippen LogP contribution in [0, 0.1) is 11.2 Å². The maximum Gasteiger partial charge on any atom is 0.147 e. The van der Waals surface area contributed by atoms with Gasteiger partial charge in [0.15, 0.2) is 0 Å². The molecule has 1 aliphatic rings. The summed E-state index contributed by atoms with van der Waals surface area (Å²) >= 11 is 0. The van der Waals surface area contributed by atoms with Crippen molar-refractivity contribution in [3.63, 3.8) is 0 Å². The topological polar surface area (TPSA) is 27.8 Å².